The van der Waals surface area contributed by atoms with Crippen molar-refractivity contribution in [3.63, 3.8) is 0 Å². The van der Waals surface area contributed by atoms with E-state index in [9.17, 15) is 4.79 Å². The zero-order valence-electron chi connectivity index (χ0n) is 16.5. The van der Waals surface area contributed by atoms with Crippen LogP contribution < -0.4 is 0 Å². The number of carbonyl (C=O) groups is 1. The number of rotatable bonds is 8. The van der Waals surface area contributed by atoms with Crippen LogP contribution in [0, 0.1) is 5.92 Å². The Balaban J connectivity index is 1.58. The molecule has 3 heterocycles. The van der Waals surface area contributed by atoms with E-state index in [2.05, 4.69) is 61.9 Å². The first-order valence-electron chi connectivity index (χ1n) is 9.78. The second-order valence-electron chi connectivity index (χ2n) is 7.28. The molecule has 0 aliphatic carbocycles. The fourth-order valence-corrected chi connectivity index (χ4v) is 3.83. The van der Waals surface area contributed by atoms with Gasteiger partial charge in [0.2, 0.25) is 0 Å². The number of aromatic amines is 1. The number of Topliss-reactive ketones (excluding diaryl/α,β-unsaturated/α-hetero) is 1. The highest BCUT2D eigenvalue weighted by molar-refractivity contribution is 5.79. The number of hydrogen-bond acceptors (Lipinski definition) is 6. The molecular formula is C21H23N7O. The lowest BCUT2D eigenvalue weighted by atomic mass is 9.81. The molecule has 0 aliphatic rings. The summed E-state index contributed by atoms with van der Waals surface area (Å²) in [4.78, 5) is 16.5. The van der Waals surface area contributed by atoms with Crippen molar-refractivity contribution >= 4 is 11.4 Å². The Labute approximate surface area is 168 Å². The van der Waals surface area contributed by atoms with Gasteiger partial charge in [0.15, 0.2) is 11.5 Å². The Hall–Kier alpha value is -3.42. The van der Waals surface area contributed by atoms with Gasteiger partial charge in [0.05, 0.1) is 0 Å². The molecule has 0 spiro atoms. The molecule has 4 rings (SSSR count). The number of aromatic nitrogens is 7. The molecule has 0 radical (unpaired) electrons. The van der Waals surface area contributed by atoms with Crippen LogP contribution in [-0.2, 0) is 11.2 Å². The first kappa shape index (κ1) is 18.9. The molecular weight excluding hydrogens is 366 g/mol. The molecule has 0 unspecified atom stereocenters. The second-order valence-corrected chi connectivity index (χ2v) is 7.28. The van der Waals surface area contributed by atoms with E-state index in [-0.39, 0.29) is 17.6 Å². The number of nitrogens with zero attached hydrogens (tertiary/aromatic N) is 6. The van der Waals surface area contributed by atoms with Crippen LogP contribution in [0.3, 0.4) is 0 Å². The number of ketones is 1. The van der Waals surface area contributed by atoms with Crippen LogP contribution in [-0.4, -0.2) is 41.0 Å². The highest BCUT2D eigenvalue weighted by atomic mass is 16.1. The molecule has 29 heavy (non-hydrogen) atoms. The minimum atomic E-state index is -0.107. The van der Waals surface area contributed by atoms with Crippen molar-refractivity contribution in [3.8, 4) is 11.1 Å². The lowest BCUT2D eigenvalue weighted by Gasteiger charge is -2.23. The number of carbonyl (C=O) groups excluding carboxylic acids is 1. The van der Waals surface area contributed by atoms with E-state index < -0.39 is 0 Å². The van der Waals surface area contributed by atoms with Crippen LogP contribution in [0.5, 0.6) is 0 Å². The molecule has 148 valence electrons. The summed E-state index contributed by atoms with van der Waals surface area (Å²) in [5, 5.41) is 18.6. The average molecular weight is 389 g/mol. The van der Waals surface area contributed by atoms with Gasteiger partial charge < -0.3 is 0 Å². The van der Waals surface area contributed by atoms with E-state index >= 15 is 0 Å². The molecule has 0 saturated heterocycles. The molecule has 8 heteroatoms. The third kappa shape index (κ3) is 4.06. The first-order valence-corrected chi connectivity index (χ1v) is 9.78. The molecule has 0 saturated carbocycles. The summed E-state index contributed by atoms with van der Waals surface area (Å²) < 4.78 is 1.76. The molecule has 0 amide bonds. The highest BCUT2D eigenvalue weighted by Crippen LogP contribution is 2.31. The molecule has 0 fully saturated rings. The number of nitrogens with one attached hydrogen (secondary N) is 1. The maximum absolute atomic E-state index is 12.3. The summed E-state index contributed by atoms with van der Waals surface area (Å²) in [6.45, 7) is 3.74. The molecule has 1 N–H and O–H groups in total. The normalized spacial score (nSPS) is 13.4. The molecule has 4 aromatic rings. The van der Waals surface area contributed by atoms with Crippen LogP contribution in [0.4, 0.5) is 0 Å². The van der Waals surface area contributed by atoms with Gasteiger partial charge in [0.25, 0.3) is 0 Å². The largest absolute Gasteiger partial charge is 0.300 e. The Bertz CT molecular complexity index is 1090. The van der Waals surface area contributed by atoms with Gasteiger partial charge in [-0.25, -0.2) is 14.6 Å². The first-order chi connectivity index (χ1) is 14.2. The van der Waals surface area contributed by atoms with Crippen LogP contribution in [0.2, 0.25) is 0 Å². The van der Waals surface area contributed by atoms with Gasteiger partial charge >= 0.3 is 0 Å². The molecule has 8 nitrogen and oxygen atoms in total. The summed E-state index contributed by atoms with van der Waals surface area (Å²) in [5.41, 5.74) is 4.12. The van der Waals surface area contributed by atoms with E-state index in [0.717, 1.165) is 35.2 Å². The van der Waals surface area contributed by atoms with Crippen molar-refractivity contribution in [3.05, 3.63) is 60.3 Å². The number of benzene rings is 1. The van der Waals surface area contributed by atoms with Gasteiger partial charge in [0, 0.05) is 23.6 Å². The van der Waals surface area contributed by atoms with Gasteiger partial charge in [-0.3, -0.25) is 4.79 Å². The summed E-state index contributed by atoms with van der Waals surface area (Å²) in [6.07, 6.45) is 5.96. The van der Waals surface area contributed by atoms with Crippen LogP contribution >= 0.6 is 0 Å². The standard InChI is InChI=1S/C21H23N7O/c1-3-4-18(14(2)29)19(21-24-26-27-25-21)11-15-5-7-16(8-6-15)17-9-10-20-22-13-23-28(20)12-17/h5-10,12-13,18-19H,3-4,11H2,1-2H3,(H,24,25,26,27)/t18-,19+/m1/s1. The molecule has 2 atom stereocenters. The third-order valence-electron chi connectivity index (χ3n) is 5.34. The smallest absolute Gasteiger partial charge is 0.155 e. The average Bonchev–Trinajstić information content (AvgIpc) is 3.42. The Morgan fingerprint density at radius 2 is 1.93 bits per heavy atom. The quantitative estimate of drug-likeness (QED) is 0.496. The summed E-state index contributed by atoms with van der Waals surface area (Å²) in [6, 6.07) is 12.4. The van der Waals surface area contributed by atoms with Crippen molar-refractivity contribution in [2.75, 3.05) is 0 Å². The SMILES string of the molecule is CCC[C@H](C(C)=O)[C@H](Cc1ccc(-c2ccc3ncnn3c2)cc1)c1nnn[nH]1. The van der Waals surface area contributed by atoms with Crippen LogP contribution in [0.1, 0.15) is 44.0 Å². The van der Waals surface area contributed by atoms with Gasteiger partial charge in [-0.1, -0.05) is 37.6 Å². The number of fused-ring (bicyclic) bond motifs is 1. The Kier molecular flexibility index (Phi) is 5.41. The fraction of sp³-hybridized carbons (Fsp3) is 0.333. The van der Waals surface area contributed by atoms with E-state index in [1.165, 1.54) is 0 Å². The van der Waals surface area contributed by atoms with Crippen molar-refractivity contribution in [1.82, 2.24) is 35.2 Å². The van der Waals surface area contributed by atoms with Crippen LogP contribution in [0.25, 0.3) is 16.8 Å². The lowest BCUT2D eigenvalue weighted by molar-refractivity contribution is -0.121. The molecule has 0 aliphatic heterocycles. The van der Waals surface area contributed by atoms with Crippen molar-refractivity contribution in [2.24, 2.45) is 5.92 Å². The zero-order chi connectivity index (χ0) is 20.2. The summed E-state index contributed by atoms with van der Waals surface area (Å²) >= 11 is 0. The number of H-pyrrole nitrogens is 1. The maximum atomic E-state index is 12.3. The summed E-state index contributed by atoms with van der Waals surface area (Å²) in [7, 11) is 0. The Morgan fingerprint density at radius 1 is 1.14 bits per heavy atom. The lowest BCUT2D eigenvalue weighted by Crippen LogP contribution is -2.23. The second kappa shape index (κ2) is 8.30. The van der Waals surface area contributed by atoms with E-state index in [1.54, 1.807) is 17.8 Å². The fourth-order valence-electron chi connectivity index (χ4n) is 3.83. The van der Waals surface area contributed by atoms with Gasteiger partial charge in [0.1, 0.15) is 12.1 Å². The highest BCUT2D eigenvalue weighted by Gasteiger charge is 2.29. The minimum absolute atomic E-state index is 0.0696. The van der Waals surface area contributed by atoms with Crippen molar-refractivity contribution < 1.29 is 4.79 Å². The molecule has 3 aromatic heterocycles. The maximum Gasteiger partial charge on any atom is 0.155 e. The van der Waals surface area contributed by atoms with E-state index in [4.69, 9.17) is 0 Å². The molecule has 1 aromatic carbocycles. The van der Waals surface area contributed by atoms with E-state index in [0.29, 0.717) is 12.2 Å². The predicted molar refractivity (Wildman–Crippen MR) is 108 cm³/mol. The predicted octanol–water partition coefficient (Wildman–Crippen LogP) is 3.24. The summed E-state index contributed by atoms with van der Waals surface area (Å²) in [5.74, 6) is 0.661. The monoisotopic (exact) mass is 389 g/mol. The third-order valence-corrected chi connectivity index (χ3v) is 5.34. The topological polar surface area (TPSA) is 102 Å². The molecule has 0 bridgehead atoms. The van der Waals surface area contributed by atoms with Crippen LogP contribution in [0.15, 0.2) is 48.9 Å². The Morgan fingerprint density at radius 3 is 2.62 bits per heavy atom. The minimum Gasteiger partial charge on any atom is -0.300 e. The van der Waals surface area contributed by atoms with Crippen molar-refractivity contribution in [2.45, 2.75) is 39.0 Å². The number of tetrazole rings is 1. The van der Waals surface area contributed by atoms with Gasteiger partial charge in [-0.15, -0.1) is 5.10 Å². The van der Waals surface area contributed by atoms with Crippen molar-refractivity contribution in [1.29, 1.82) is 0 Å². The zero-order valence-corrected chi connectivity index (χ0v) is 16.5. The number of hydrogen-bond donors (Lipinski definition) is 1. The number of pyridine rings is 1. The van der Waals surface area contributed by atoms with Gasteiger partial charge in [-0.2, -0.15) is 5.10 Å². The van der Waals surface area contributed by atoms with E-state index in [1.807, 2.05) is 18.3 Å². The van der Waals surface area contributed by atoms with Gasteiger partial charge in [-0.05, 0) is 53.5 Å².